The quantitative estimate of drug-likeness (QED) is 0.478. The van der Waals surface area contributed by atoms with Gasteiger partial charge in [-0.25, -0.2) is 4.79 Å². The van der Waals surface area contributed by atoms with Crippen molar-refractivity contribution in [1.82, 2.24) is 4.90 Å². The van der Waals surface area contributed by atoms with E-state index in [0.717, 1.165) is 29.2 Å². The molecule has 0 aromatic heterocycles. The lowest BCUT2D eigenvalue weighted by Gasteiger charge is -2.23. The molecule has 1 N–H and O–H groups in total. The number of nitrogens with zero attached hydrogens (tertiary/aromatic N) is 1. The van der Waals surface area contributed by atoms with E-state index in [1.807, 2.05) is 0 Å². The van der Waals surface area contributed by atoms with Crippen LogP contribution in [-0.4, -0.2) is 58.6 Å². The zero-order valence-corrected chi connectivity index (χ0v) is 11.4. The van der Waals surface area contributed by atoms with Gasteiger partial charge in [-0.3, -0.25) is 24.1 Å². The van der Waals surface area contributed by atoms with E-state index in [1.165, 1.54) is 0 Å². The number of carboxylic acid groups (broad SMARTS) is 1. The van der Waals surface area contributed by atoms with Gasteiger partial charge in [0.1, 0.15) is 6.61 Å². The average Bonchev–Trinajstić information content (AvgIpc) is 2.94. The lowest BCUT2D eigenvalue weighted by Crippen LogP contribution is -2.40. The minimum atomic E-state index is -1.23. The molecule has 0 saturated heterocycles. The Morgan fingerprint density at radius 1 is 1.09 bits per heavy atom. The summed E-state index contributed by atoms with van der Waals surface area (Å²) in [5, 5.41) is 8.66. The number of carboxylic acids is 1. The molecule has 1 heterocycles. The van der Waals surface area contributed by atoms with Gasteiger partial charge in [0.15, 0.2) is 11.6 Å². The van der Waals surface area contributed by atoms with Crippen LogP contribution in [0.25, 0.3) is 0 Å². The smallest absolute Gasteiger partial charge is 0.329 e. The molecule has 2 aliphatic rings. The lowest BCUT2D eigenvalue weighted by atomic mass is 9.97. The summed E-state index contributed by atoms with van der Waals surface area (Å²) >= 11 is 0. The largest absolute Gasteiger partial charge is 0.480 e. The summed E-state index contributed by atoms with van der Waals surface area (Å²) in [6.45, 7) is -0.869. The molecule has 0 bridgehead atoms. The summed E-state index contributed by atoms with van der Waals surface area (Å²) in [6, 6.07) is 0. The van der Waals surface area contributed by atoms with Crippen molar-refractivity contribution >= 4 is 29.4 Å². The Bertz CT molecular complexity index is 524. The van der Waals surface area contributed by atoms with Crippen LogP contribution in [-0.2, 0) is 28.7 Å². The van der Waals surface area contributed by atoms with Gasteiger partial charge in [0.2, 0.25) is 0 Å². The minimum absolute atomic E-state index is 0.0883. The molecule has 0 radical (unpaired) electrons. The van der Waals surface area contributed by atoms with Gasteiger partial charge in [0.05, 0.1) is 18.6 Å². The molecular formula is C14H13NO7. The molecule has 0 aromatic carbocycles. The van der Waals surface area contributed by atoms with Crippen molar-refractivity contribution in [2.24, 2.45) is 5.92 Å². The normalized spacial score (nSPS) is 19.5. The van der Waals surface area contributed by atoms with E-state index in [9.17, 15) is 24.0 Å². The highest BCUT2D eigenvalue weighted by molar-refractivity contribution is 6.18. The number of carbonyl (C=O) groups is 5. The molecule has 1 unspecified atom stereocenters. The van der Waals surface area contributed by atoms with E-state index < -0.39 is 48.0 Å². The lowest BCUT2D eigenvalue weighted by molar-refractivity contribution is -0.146. The fourth-order valence-corrected chi connectivity index (χ4v) is 2.23. The fourth-order valence-electron chi connectivity index (χ4n) is 2.23. The van der Waals surface area contributed by atoms with Crippen LogP contribution in [0.3, 0.4) is 0 Å². The van der Waals surface area contributed by atoms with Gasteiger partial charge in [-0.1, -0.05) is 0 Å². The van der Waals surface area contributed by atoms with Gasteiger partial charge in [0, 0.05) is 12.2 Å². The summed E-state index contributed by atoms with van der Waals surface area (Å²) in [5.41, 5.74) is 0. The van der Waals surface area contributed by atoms with Crippen molar-refractivity contribution in [2.45, 2.75) is 12.5 Å². The van der Waals surface area contributed by atoms with Gasteiger partial charge in [-0.05, 0) is 18.6 Å². The molecule has 0 fully saturated rings. The maximum absolute atomic E-state index is 11.6. The number of ketones is 2. The molecule has 0 saturated carbocycles. The van der Waals surface area contributed by atoms with Crippen molar-refractivity contribution < 1.29 is 33.8 Å². The molecule has 2 rings (SSSR count). The summed E-state index contributed by atoms with van der Waals surface area (Å²) in [5.74, 6) is -4.08. The number of imide groups is 1. The number of aliphatic carboxylic acids is 1. The van der Waals surface area contributed by atoms with Crippen molar-refractivity contribution in [2.75, 3.05) is 13.2 Å². The van der Waals surface area contributed by atoms with Crippen molar-refractivity contribution in [3.8, 4) is 0 Å². The maximum Gasteiger partial charge on any atom is 0.329 e. The van der Waals surface area contributed by atoms with Crippen LogP contribution in [0.5, 0.6) is 0 Å². The highest BCUT2D eigenvalue weighted by Crippen LogP contribution is 2.20. The van der Waals surface area contributed by atoms with Crippen molar-refractivity contribution in [3.63, 3.8) is 0 Å². The Labute approximate surface area is 125 Å². The standard InChI is InChI=1S/C14H13NO7/c16-10-1-2-11(17)9(10)5-8(22-7-14(20)21)6-15-12(18)3-4-13(15)19/h1-4,8-9H,5-7H2,(H,20,21). The topological polar surface area (TPSA) is 118 Å². The Kier molecular flexibility index (Phi) is 4.62. The zero-order valence-electron chi connectivity index (χ0n) is 11.4. The van der Waals surface area contributed by atoms with Crippen LogP contribution in [0, 0.1) is 5.92 Å². The maximum atomic E-state index is 11.6. The second-order valence-corrected chi connectivity index (χ2v) is 4.87. The number of allylic oxidation sites excluding steroid dienone is 2. The second kappa shape index (κ2) is 6.44. The highest BCUT2D eigenvalue weighted by atomic mass is 16.5. The molecule has 0 aromatic rings. The van der Waals surface area contributed by atoms with Crippen LogP contribution in [0.4, 0.5) is 0 Å². The van der Waals surface area contributed by atoms with Crippen LogP contribution < -0.4 is 0 Å². The molecule has 2 amide bonds. The number of amides is 2. The SMILES string of the molecule is O=C(O)COC(CC1C(=O)C=CC1=O)CN1C(=O)C=CC1=O. The first-order chi connectivity index (χ1) is 10.4. The van der Waals surface area contributed by atoms with Gasteiger partial charge in [0.25, 0.3) is 11.8 Å². The number of hydrogen-bond donors (Lipinski definition) is 1. The summed E-state index contributed by atoms with van der Waals surface area (Å²) in [4.78, 5) is 57.7. The molecule has 8 nitrogen and oxygen atoms in total. The van der Waals surface area contributed by atoms with E-state index in [2.05, 4.69) is 0 Å². The van der Waals surface area contributed by atoms with E-state index in [-0.39, 0.29) is 13.0 Å². The van der Waals surface area contributed by atoms with Gasteiger partial charge in [-0.2, -0.15) is 0 Å². The Morgan fingerprint density at radius 3 is 2.14 bits per heavy atom. The molecule has 1 aliphatic heterocycles. The monoisotopic (exact) mass is 307 g/mol. The van der Waals surface area contributed by atoms with Crippen LogP contribution in [0.15, 0.2) is 24.3 Å². The van der Waals surface area contributed by atoms with E-state index in [1.54, 1.807) is 0 Å². The molecule has 116 valence electrons. The van der Waals surface area contributed by atoms with E-state index >= 15 is 0 Å². The molecule has 0 spiro atoms. The summed E-state index contributed by atoms with van der Waals surface area (Å²) in [7, 11) is 0. The van der Waals surface area contributed by atoms with E-state index in [4.69, 9.17) is 9.84 Å². The third-order valence-electron chi connectivity index (χ3n) is 3.33. The third kappa shape index (κ3) is 3.53. The highest BCUT2D eigenvalue weighted by Gasteiger charge is 2.34. The van der Waals surface area contributed by atoms with E-state index in [0.29, 0.717) is 0 Å². The molecule has 22 heavy (non-hydrogen) atoms. The Hall–Kier alpha value is -2.61. The minimum Gasteiger partial charge on any atom is -0.480 e. The Morgan fingerprint density at radius 2 is 1.64 bits per heavy atom. The average molecular weight is 307 g/mol. The van der Waals surface area contributed by atoms with Crippen LogP contribution >= 0.6 is 0 Å². The first kappa shape index (κ1) is 15.8. The predicted octanol–water partition coefficient (Wildman–Crippen LogP) is -0.904. The van der Waals surface area contributed by atoms with Crippen molar-refractivity contribution in [3.05, 3.63) is 24.3 Å². The van der Waals surface area contributed by atoms with Crippen molar-refractivity contribution in [1.29, 1.82) is 0 Å². The molecule has 1 atom stereocenters. The van der Waals surface area contributed by atoms with Gasteiger partial charge < -0.3 is 9.84 Å². The van der Waals surface area contributed by atoms with Crippen LogP contribution in [0.2, 0.25) is 0 Å². The number of rotatable bonds is 7. The summed E-state index contributed by atoms with van der Waals surface area (Å²) < 4.78 is 5.12. The van der Waals surface area contributed by atoms with Gasteiger partial charge >= 0.3 is 5.97 Å². The first-order valence-electron chi connectivity index (χ1n) is 6.51. The second-order valence-electron chi connectivity index (χ2n) is 4.87. The number of hydrogen-bond acceptors (Lipinski definition) is 6. The fraction of sp³-hybridized carbons (Fsp3) is 0.357. The first-order valence-corrected chi connectivity index (χ1v) is 6.51. The van der Waals surface area contributed by atoms with Crippen LogP contribution in [0.1, 0.15) is 6.42 Å². The Balaban J connectivity index is 2.04. The zero-order chi connectivity index (χ0) is 16.3. The summed E-state index contributed by atoms with van der Waals surface area (Å²) in [6.07, 6.45) is 3.47. The number of ether oxygens (including phenoxy) is 1. The molecule has 1 aliphatic carbocycles. The third-order valence-corrected chi connectivity index (χ3v) is 3.33. The predicted molar refractivity (Wildman–Crippen MR) is 70.5 cm³/mol. The van der Waals surface area contributed by atoms with Gasteiger partial charge in [-0.15, -0.1) is 0 Å². The molecular weight excluding hydrogens is 294 g/mol. The number of carbonyl (C=O) groups excluding carboxylic acids is 4. The molecule has 8 heteroatoms.